The second-order valence-electron chi connectivity index (χ2n) is 13.7. The van der Waals surface area contributed by atoms with E-state index >= 15 is 0 Å². The van der Waals surface area contributed by atoms with Crippen molar-refractivity contribution < 1.29 is 19.4 Å². The molecule has 0 aliphatic heterocycles. The van der Waals surface area contributed by atoms with Crippen LogP contribution in [0.1, 0.15) is 83.3 Å². The molecule has 270 valence electrons. The predicted molar refractivity (Wildman–Crippen MR) is 206 cm³/mol. The molecule has 1 aliphatic carbocycles. The Balaban J connectivity index is 0.000000199. The smallest absolute Gasteiger partial charge is 0.303 e. The molecule has 0 unspecified atom stereocenters. The number of aryl methyl sites for hydroxylation is 1. The Morgan fingerprint density at radius 3 is 2.39 bits per heavy atom. The Morgan fingerprint density at radius 1 is 1.06 bits per heavy atom. The lowest BCUT2D eigenvalue weighted by atomic mass is 9.89. The SMILES string of the molecule is COc1ccc2c(c1)c(C[C@@H](C)CC(=O)O)c(C)n2CC1CCC(Br)CC1.Cc1cc(Cc2ccc(=O)[nH]n2)n(C)c1C(=O)c1ccc(Cl)cc1. The molecule has 11 heteroatoms. The van der Waals surface area contributed by atoms with E-state index in [2.05, 4.69) is 49.8 Å². The average molecular weight is 778 g/mol. The number of ether oxygens (including phenoxy) is 1. The van der Waals surface area contributed by atoms with Gasteiger partial charge in [-0.05, 0) is 124 Å². The van der Waals surface area contributed by atoms with E-state index in [-0.39, 0.29) is 23.7 Å². The summed E-state index contributed by atoms with van der Waals surface area (Å²) in [5, 5.41) is 17.4. The number of alkyl halides is 1. The Kier molecular flexibility index (Phi) is 12.6. The van der Waals surface area contributed by atoms with Crippen molar-refractivity contribution in [1.29, 1.82) is 0 Å². The Bertz CT molecular complexity index is 2040. The van der Waals surface area contributed by atoms with E-state index in [0.29, 0.717) is 33.4 Å². The molecule has 3 heterocycles. The van der Waals surface area contributed by atoms with Crippen LogP contribution in [0.2, 0.25) is 5.02 Å². The molecule has 9 nitrogen and oxygen atoms in total. The highest BCUT2D eigenvalue weighted by atomic mass is 79.9. The molecule has 51 heavy (non-hydrogen) atoms. The zero-order chi connectivity index (χ0) is 36.8. The summed E-state index contributed by atoms with van der Waals surface area (Å²) in [6.45, 7) is 7.16. The summed E-state index contributed by atoms with van der Waals surface area (Å²) in [5.74, 6) is 0.890. The Hall–Kier alpha value is -4.15. The average Bonchev–Trinajstić information content (AvgIpc) is 3.52. The van der Waals surface area contributed by atoms with Crippen molar-refractivity contribution >= 4 is 50.2 Å². The maximum atomic E-state index is 12.8. The lowest BCUT2D eigenvalue weighted by Gasteiger charge is -2.26. The molecule has 1 fully saturated rings. The molecule has 1 saturated carbocycles. The molecular formula is C40H46BrClN4O5. The van der Waals surface area contributed by atoms with Crippen LogP contribution < -0.4 is 10.3 Å². The van der Waals surface area contributed by atoms with Crippen molar-refractivity contribution in [3.05, 3.63) is 116 Å². The number of aliphatic carboxylic acids is 1. The number of methoxy groups -OCH3 is 1. The van der Waals surface area contributed by atoms with Gasteiger partial charge in [-0.2, -0.15) is 5.10 Å². The molecule has 0 radical (unpaired) electrons. The van der Waals surface area contributed by atoms with E-state index in [1.54, 1.807) is 37.4 Å². The fourth-order valence-electron chi connectivity index (χ4n) is 7.15. The molecule has 1 atom stereocenters. The second-order valence-corrected chi connectivity index (χ2v) is 15.5. The number of carbonyl (C=O) groups excluding carboxylic acids is 1. The molecule has 2 N–H and O–H groups in total. The number of nitrogens with one attached hydrogen (secondary N) is 1. The van der Waals surface area contributed by atoms with E-state index in [1.807, 2.05) is 37.6 Å². The van der Waals surface area contributed by atoms with Gasteiger partial charge in [0.05, 0.1) is 18.5 Å². The summed E-state index contributed by atoms with van der Waals surface area (Å²) in [6.07, 6.45) is 6.53. The van der Waals surface area contributed by atoms with Crippen LogP contribution in [0.25, 0.3) is 10.9 Å². The van der Waals surface area contributed by atoms with E-state index in [1.165, 1.54) is 53.9 Å². The van der Waals surface area contributed by atoms with Crippen molar-refractivity contribution in [2.45, 2.75) is 77.1 Å². The molecule has 0 spiro atoms. The summed E-state index contributed by atoms with van der Waals surface area (Å²) in [6, 6.07) is 18.2. The number of H-pyrrole nitrogens is 1. The number of rotatable bonds is 11. The van der Waals surface area contributed by atoms with Crippen LogP contribution >= 0.6 is 27.5 Å². The van der Waals surface area contributed by atoms with E-state index in [9.17, 15) is 14.4 Å². The standard InChI is InChI=1S/C22H30BrNO3.C18H16ClN3O2/c1-14(11-22(25)26)10-19-15(2)24(13-16-4-6-17(23)7-5-16)21-9-8-18(27-3)12-20(19)21;1-11-9-15(10-14-7-8-16(23)21-20-14)22(2)17(11)18(24)12-3-5-13(19)6-4-12/h8-9,12,14,16-17H,4-7,10-11,13H2,1-3H3,(H,25,26);3-9H,10H2,1-2H3,(H,21,23)/t14-,16?,17?;/m1./s1. The zero-order valence-electron chi connectivity index (χ0n) is 29.8. The van der Waals surface area contributed by atoms with Gasteiger partial charge in [-0.3, -0.25) is 14.4 Å². The summed E-state index contributed by atoms with van der Waals surface area (Å²) in [4.78, 5) is 35.7. The first-order chi connectivity index (χ1) is 24.3. The monoisotopic (exact) mass is 776 g/mol. The molecule has 0 amide bonds. The Labute approximate surface area is 312 Å². The van der Waals surface area contributed by atoms with Crippen LogP contribution in [0.3, 0.4) is 0 Å². The van der Waals surface area contributed by atoms with Gasteiger partial charge in [0.1, 0.15) is 5.75 Å². The van der Waals surface area contributed by atoms with Crippen LogP contribution in [0.5, 0.6) is 5.75 Å². The van der Waals surface area contributed by atoms with E-state index < -0.39 is 5.97 Å². The van der Waals surface area contributed by atoms with Crippen molar-refractivity contribution in [2.24, 2.45) is 18.9 Å². The number of benzene rings is 2. The third-order valence-corrected chi connectivity index (χ3v) is 11.1. The molecule has 1 aliphatic rings. The van der Waals surface area contributed by atoms with E-state index in [4.69, 9.17) is 21.4 Å². The van der Waals surface area contributed by atoms with Gasteiger partial charge < -0.3 is 19.0 Å². The molecule has 0 saturated heterocycles. The van der Waals surface area contributed by atoms with Crippen LogP contribution in [0.4, 0.5) is 0 Å². The summed E-state index contributed by atoms with van der Waals surface area (Å²) in [5.41, 5.74) is 7.37. The minimum atomic E-state index is -0.729. The summed E-state index contributed by atoms with van der Waals surface area (Å²) < 4.78 is 9.78. The fraction of sp³-hybridized carbons (Fsp3) is 0.400. The van der Waals surface area contributed by atoms with Gasteiger partial charge in [0.2, 0.25) is 5.78 Å². The highest BCUT2D eigenvalue weighted by Gasteiger charge is 2.24. The van der Waals surface area contributed by atoms with Crippen LogP contribution in [0, 0.1) is 25.7 Å². The predicted octanol–water partition coefficient (Wildman–Crippen LogP) is 8.46. The zero-order valence-corrected chi connectivity index (χ0v) is 32.2. The molecule has 0 bridgehead atoms. The van der Waals surface area contributed by atoms with Crippen molar-refractivity contribution in [2.75, 3.05) is 7.11 Å². The van der Waals surface area contributed by atoms with Gasteiger partial charge in [0, 0.05) is 70.2 Å². The second kappa shape index (κ2) is 16.9. The number of fused-ring (bicyclic) bond motifs is 1. The number of ketones is 1. The fourth-order valence-corrected chi connectivity index (χ4v) is 7.81. The van der Waals surface area contributed by atoms with Gasteiger partial charge in [-0.1, -0.05) is 34.5 Å². The largest absolute Gasteiger partial charge is 0.497 e. The van der Waals surface area contributed by atoms with Crippen molar-refractivity contribution in [3.63, 3.8) is 0 Å². The number of halogens is 2. The first kappa shape index (κ1) is 38.1. The summed E-state index contributed by atoms with van der Waals surface area (Å²) in [7, 11) is 3.55. The number of nitrogens with zero attached hydrogens (tertiary/aromatic N) is 3. The lowest BCUT2D eigenvalue weighted by molar-refractivity contribution is -0.137. The molecule has 3 aromatic heterocycles. The number of carboxylic acid groups (broad SMARTS) is 1. The van der Waals surface area contributed by atoms with Gasteiger partial charge in [-0.15, -0.1) is 0 Å². The van der Waals surface area contributed by atoms with Crippen LogP contribution in [-0.4, -0.2) is 48.1 Å². The van der Waals surface area contributed by atoms with Gasteiger partial charge in [-0.25, -0.2) is 5.10 Å². The van der Waals surface area contributed by atoms with E-state index in [0.717, 1.165) is 35.7 Å². The first-order valence-corrected chi connectivity index (χ1v) is 18.7. The maximum Gasteiger partial charge on any atom is 0.303 e. The van der Waals surface area contributed by atoms with Gasteiger partial charge >= 0.3 is 5.97 Å². The number of hydrogen-bond donors (Lipinski definition) is 2. The van der Waals surface area contributed by atoms with Gasteiger partial charge in [0.15, 0.2) is 0 Å². The first-order valence-electron chi connectivity index (χ1n) is 17.4. The minimum Gasteiger partial charge on any atom is -0.497 e. The number of aromatic amines is 1. The number of hydrogen-bond acceptors (Lipinski definition) is 5. The number of carbonyl (C=O) groups is 2. The summed E-state index contributed by atoms with van der Waals surface area (Å²) >= 11 is 9.64. The molecule has 5 aromatic rings. The highest BCUT2D eigenvalue weighted by Crippen LogP contribution is 2.35. The highest BCUT2D eigenvalue weighted by molar-refractivity contribution is 9.09. The topological polar surface area (TPSA) is 119 Å². The molecular weight excluding hydrogens is 732 g/mol. The molecule has 6 rings (SSSR count). The third-order valence-electron chi connectivity index (χ3n) is 9.90. The molecule has 2 aromatic carbocycles. The van der Waals surface area contributed by atoms with Crippen molar-refractivity contribution in [1.82, 2.24) is 19.3 Å². The number of carboxylic acids is 1. The van der Waals surface area contributed by atoms with Crippen LogP contribution in [-0.2, 0) is 31.2 Å². The van der Waals surface area contributed by atoms with Gasteiger partial charge in [0.25, 0.3) is 5.56 Å². The maximum absolute atomic E-state index is 12.8. The number of aromatic nitrogens is 4. The lowest BCUT2D eigenvalue weighted by Crippen LogP contribution is -2.19. The minimum absolute atomic E-state index is 0.0488. The third kappa shape index (κ3) is 9.40. The van der Waals surface area contributed by atoms with Crippen molar-refractivity contribution in [3.8, 4) is 5.75 Å². The Morgan fingerprint density at radius 2 is 1.76 bits per heavy atom. The quantitative estimate of drug-likeness (QED) is 0.103. The normalized spacial score (nSPS) is 16.4. The van der Waals surface area contributed by atoms with Crippen LogP contribution in [0.15, 0.2) is 65.5 Å².